The van der Waals surface area contributed by atoms with E-state index in [1.54, 1.807) is 6.92 Å². The molecule has 1 rings (SSSR count). The first kappa shape index (κ1) is 15.2. The first-order chi connectivity index (χ1) is 8.28. The Morgan fingerprint density at radius 3 is 2.44 bits per heavy atom. The number of carbonyl (C=O) groups is 2. The van der Waals surface area contributed by atoms with Gasteiger partial charge in [0.15, 0.2) is 0 Å². The molecule has 1 saturated carbocycles. The van der Waals surface area contributed by atoms with E-state index < -0.39 is 5.60 Å². The number of carbonyl (C=O) groups excluding carboxylic acids is 2. The maximum Gasteiger partial charge on any atom is 0.306 e. The smallest absolute Gasteiger partial charge is 0.306 e. The Labute approximate surface area is 110 Å². The molecule has 0 heterocycles. The summed E-state index contributed by atoms with van der Waals surface area (Å²) in [5, 5.41) is 0. The number of hydrogen-bond donors (Lipinski definition) is 0. The number of Topliss-reactive ketones (excluding diaryl/α,β-unsaturated/α-hetero) is 1. The molecule has 0 aromatic heterocycles. The van der Waals surface area contributed by atoms with E-state index >= 15 is 0 Å². The molecular formula is C15H26O3. The van der Waals surface area contributed by atoms with Gasteiger partial charge in [0.2, 0.25) is 0 Å². The van der Waals surface area contributed by atoms with Crippen LogP contribution in [-0.4, -0.2) is 17.4 Å². The van der Waals surface area contributed by atoms with Crippen molar-refractivity contribution in [2.75, 3.05) is 0 Å². The fraction of sp³-hybridized carbons (Fsp3) is 0.867. The van der Waals surface area contributed by atoms with Crippen LogP contribution < -0.4 is 0 Å². The SMILES string of the molecule is CC(=O)C1CCCC(CCC(=O)OC(C)(C)C)C1. The molecule has 1 aliphatic rings. The zero-order valence-corrected chi connectivity index (χ0v) is 12.1. The summed E-state index contributed by atoms with van der Waals surface area (Å²) < 4.78 is 5.30. The Kier molecular flexibility index (Phi) is 5.36. The predicted octanol–water partition coefficient (Wildman–Crippen LogP) is 3.50. The molecule has 1 aliphatic carbocycles. The third-order valence-electron chi connectivity index (χ3n) is 3.53. The van der Waals surface area contributed by atoms with Gasteiger partial charge in [0, 0.05) is 12.3 Å². The highest BCUT2D eigenvalue weighted by atomic mass is 16.6. The normalized spacial score (nSPS) is 24.7. The minimum absolute atomic E-state index is 0.118. The highest BCUT2D eigenvalue weighted by molar-refractivity contribution is 5.78. The van der Waals surface area contributed by atoms with E-state index in [1.165, 1.54) is 0 Å². The molecule has 18 heavy (non-hydrogen) atoms. The first-order valence-electron chi connectivity index (χ1n) is 7.00. The van der Waals surface area contributed by atoms with E-state index in [-0.39, 0.29) is 11.9 Å². The standard InChI is InChI=1S/C15H26O3/c1-11(16)13-7-5-6-12(10-13)8-9-14(17)18-15(2,3)4/h12-13H,5-10H2,1-4H3. The average molecular weight is 254 g/mol. The van der Waals surface area contributed by atoms with Crippen molar-refractivity contribution in [1.29, 1.82) is 0 Å². The Hall–Kier alpha value is -0.860. The van der Waals surface area contributed by atoms with Gasteiger partial charge in [-0.05, 0) is 52.9 Å². The third-order valence-corrected chi connectivity index (χ3v) is 3.53. The highest BCUT2D eigenvalue weighted by Gasteiger charge is 2.26. The van der Waals surface area contributed by atoms with Crippen molar-refractivity contribution in [3.8, 4) is 0 Å². The predicted molar refractivity (Wildman–Crippen MR) is 71.2 cm³/mol. The van der Waals surface area contributed by atoms with Crippen molar-refractivity contribution in [3.63, 3.8) is 0 Å². The molecule has 3 heteroatoms. The molecule has 3 nitrogen and oxygen atoms in total. The summed E-state index contributed by atoms with van der Waals surface area (Å²) in [6.45, 7) is 7.34. The van der Waals surface area contributed by atoms with Gasteiger partial charge in [-0.2, -0.15) is 0 Å². The lowest BCUT2D eigenvalue weighted by Crippen LogP contribution is -2.25. The molecule has 2 unspecified atom stereocenters. The lowest BCUT2D eigenvalue weighted by Gasteiger charge is -2.27. The molecule has 0 amide bonds. The van der Waals surface area contributed by atoms with E-state index in [0.717, 1.165) is 32.1 Å². The highest BCUT2D eigenvalue weighted by Crippen LogP contribution is 2.32. The molecule has 0 radical (unpaired) electrons. The third kappa shape index (κ3) is 5.65. The van der Waals surface area contributed by atoms with Gasteiger partial charge < -0.3 is 4.74 Å². The quantitative estimate of drug-likeness (QED) is 0.721. The topological polar surface area (TPSA) is 43.4 Å². The van der Waals surface area contributed by atoms with E-state index in [0.29, 0.717) is 18.1 Å². The van der Waals surface area contributed by atoms with E-state index in [4.69, 9.17) is 4.74 Å². The van der Waals surface area contributed by atoms with E-state index in [9.17, 15) is 9.59 Å². The monoisotopic (exact) mass is 254 g/mol. The largest absolute Gasteiger partial charge is 0.460 e. The summed E-state index contributed by atoms with van der Waals surface area (Å²) in [5.74, 6) is 0.923. The van der Waals surface area contributed by atoms with Gasteiger partial charge in [-0.15, -0.1) is 0 Å². The molecule has 0 aliphatic heterocycles. The Bertz CT molecular complexity index is 301. The fourth-order valence-corrected chi connectivity index (χ4v) is 2.64. The molecule has 104 valence electrons. The summed E-state index contributed by atoms with van der Waals surface area (Å²) in [6.07, 6.45) is 5.58. The molecule has 0 aromatic carbocycles. The summed E-state index contributed by atoms with van der Waals surface area (Å²) in [6, 6.07) is 0. The van der Waals surface area contributed by atoms with Crippen molar-refractivity contribution in [3.05, 3.63) is 0 Å². The van der Waals surface area contributed by atoms with Gasteiger partial charge in [0.25, 0.3) is 0 Å². The van der Waals surface area contributed by atoms with Crippen molar-refractivity contribution < 1.29 is 14.3 Å². The first-order valence-corrected chi connectivity index (χ1v) is 7.00. The number of ether oxygens (including phenoxy) is 1. The van der Waals surface area contributed by atoms with Gasteiger partial charge >= 0.3 is 5.97 Å². The maximum absolute atomic E-state index is 11.6. The van der Waals surface area contributed by atoms with Gasteiger partial charge in [-0.1, -0.05) is 12.8 Å². The molecule has 0 saturated heterocycles. The molecular weight excluding hydrogens is 228 g/mol. The zero-order valence-electron chi connectivity index (χ0n) is 12.1. The van der Waals surface area contributed by atoms with E-state index in [2.05, 4.69) is 0 Å². The van der Waals surface area contributed by atoms with Crippen LogP contribution in [0.25, 0.3) is 0 Å². The van der Waals surface area contributed by atoms with Crippen LogP contribution in [-0.2, 0) is 14.3 Å². The zero-order chi connectivity index (χ0) is 13.8. The van der Waals surface area contributed by atoms with E-state index in [1.807, 2.05) is 20.8 Å². The van der Waals surface area contributed by atoms with Gasteiger partial charge in [-0.25, -0.2) is 0 Å². The molecule has 2 atom stereocenters. The Balaban J connectivity index is 2.31. The molecule has 0 aromatic rings. The fourth-order valence-electron chi connectivity index (χ4n) is 2.64. The molecule has 1 fully saturated rings. The van der Waals surface area contributed by atoms with Crippen LogP contribution in [0.5, 0.6) is 0 Å². The second kappa shape index (κ2) is 6.35. The maximum atomic E-state index is 11.6. The van der Waals surface area contributed by atoms with Crippen molar-refractivity contribution in [2.45, 2.75) is 71.8 Å². The van der Waals surface area contributed by atoms with Crippen LogP contribution in [0.2, 0.25) is 0 Å². The number of esters is 1. The van der Waals surface area contributed by atoms with Crippen molar-refractivity contribution >= 4 is 11.8 Å². The molecule has 0 N–H and O–H groups in total. The van der Waals surface area contributed by atoms with Crippen molar-refractivity contribution in [1.82, 2.24) is 0 Å². The van der Waals surface area contributed by atoms with Crippen LogP contribution in [0.4, 0.5) is 0 Å². The van der Waals surface area contributed by atoms with Gasteiger partial charge in [0.1, 0.15) is 11.4 Å². The summed E-state index contributed by atoms with van der Waals surface area (Å²) in [5.41, 5.74) is -0.397. The van der Waals surface area contributed by atoms with Crippen LogP contribution >= 0.6 is 0 Å². The van der Waals surface area contributed by atoms with Crippen LogP contribution in [0.15, 0.2) is 0 Å². The Morgan fingerprint density at radius 2 is 1.89 bits per heavy atom. The van der Waals surface area contributed by atoms with Gasteiger partial charge in [-0.3, -0.25) is 9.59 Å². The van der Waals surface area contributed by atoms with Crippen LogP contribution in [0.1, 0.15) is 66.2 Å². The average Bonchev–Trinajstić information content (AvgIpc) is 2.24. The lowest BCUT2D eigenvalue weighted by atomic mass is 9.78. The minimum Gasteiger partial charge on any atom is -0.460 e. The minimum atomic E-state index is -0.397. The van der Waals surface area contributed by atoms with Gasteiger partial charge in [0.05, 0.1) is 0 Å². The van der Waals surface area contributed by atoms with Crippen LogP contribution in [0.3, 0.4) is 0 Å². The number of hydrogen-bond acceptors (Lipinski definition) is 3. The number of rotatable bonds is 4. The Morgan fingerprint density at radius 1 is 1.22 bits per heavy atom. The number of ketones is 1. The summed E-state index contributed by atoms with van der Waals surface area (Å²) in [7, 11) is 0. The second-order valence-corrected chi connectivity index (χ2v) is 6.47. The second-order valence-electron chi connectivity index (χ2n) is 6.47. The molecule has 0 bridgehead atoms. The van der Waals surface area contributed by atoms with Crippen LogP contribution in [0, 0.1) is 11.8 Å². The lowest BCUT2D eigenvalue weighted by molar-refractivity contribution is -0.155. The van der Waals surface area contributed by atoms with Crippen molar-refractivity contribution in [2.24, 2.45) is 11.8 Å². The molecule has 0 spiro atoms. The summed E-state index contributed by atoms with van der Waals surface area (Å²) >= 11 is 0. The summed E-state index contributed by atoms with van der Waals surface area (Å²) in [4.78, 5) is 23.0.